The van der Waals surface area contributed by atoms with Gasteiger partial charge in [0.15, 0.2) is 0 Å². The minimum atomic E-state index is -0.499. The smallest absolute Gasteiger partial charge is 0.293 e. The third kappa shape index (κ3) is 3.17. The SMILES string of the molecule is CCNC(=O)c1ccc(NCC)c([N+](=O)[O-])c1. The molecule has 0 aliphatic rings. The molecule has 1 amide bonds. The van der Waals surface area contributed by atoms with Crippen molar-refractivity contribution < 1.29 is 9.72 Å². The molecular formula is C11H15N3O3. The second-order valence-corrected chi connectivity index (χ2v) is 3.38. The van der Waals surface area contributed by atoms with E-state index in [4.69, 9.17) is 0 Å². The van der Waals surface area contributed by atoms with E-state index in [1.807, 2.05) is 6.92 Å². The fraction of sp³-hybridized carbons (Fsp3) is 0.364. The van der Waals surface area contributed by atoms with Crippen LogP contribution in [0.3, 0.4) is 0 Å². The molecule has 0 aliphatic heterocycles. The molecule has 0 fully saturated rings. The first-order valence-corrected chi connectivity index (χ1v) is 5.40. The summed E-state index contributed by atoms with van der Waals surface area (Å²) in [5.41, 5.74) is 0.626. The zero-order valence-electron chi connectivity index (χ0n) is 9.82. The first-order valence-electron chi connectivity index (χ1n) is 5.40. The van der Waals surface area contributed by atoms with Crippen LogP contribution in [0.5, 0.6) is 0 Å². The maximum absolute atomic E-state index is 11.5. The molecule has 1 rings (SSSR count). The summed E-state index contributed by atoms with van der Waals surface area (Å²) in [7, 11) is 0. The van der Waals surface area contributed by atoms with Crippen LogP contribution in [0.2, 0.25) is 0 Å². The predicted octanol–water partition coefficient (Wildman–Crippen LogP) is 1.78. The van der Waals surface area contributed by atoms with Crippen molar-refractivity contribution >= 4 is 17.3 Å². The number of nitrogens with zero attached hydrogens (tertiary/aromatic N) is 1. The van der Waals surface area contributed by atoms with Crippen molar-refractivity contribution in [2.24, 2.45) is 0 Å². The Morgan fingerprint density at radius 3 is 2.59 bits per heavy atom. The van der Waals surface area contributed by atoms with E-state index in [1.54, 1.807) is 19.1 Å². The third-order valence-corrected chi connectivity index (χ3v) is 2.16. The second-order valence-electron chi connectivity index (χ2n) is 3.38. The number of anilines is 1. The topological polar surface area (TPSA) is 84.3 Å². The van der Waals surface area contributed by atoms with Gasteiger partial charge in [0.1, 0.15) is 5.69 Å². The summed E-state index contributed by atoms with van der Waals surface area (Å²) in [5, 5.41) is 16.3. The number of nitrogens with one attached hydrogen (secondary N) is 2. The maximum Gasteiger partial charge on any atom is 0.293 e. The Hall–Kier alpha value is -2.11. The molecule has 1 aromatic carbocycles. The van der Waals surface area contributed by atoms with Gasteiger partial charge in [-0.2, -0.15) is 0 Å². The van der Waals surface area contributed by atoms with Crippen molar-refractivity contribution in [3.8, 4) is 0 Å². The first kappa shape index (κ1) is 13.0. The van der Waals surface area contributed by atoms with Gasteiger partial charge >= 0.3 is 0 Å². The third-order valence-electron chi connectivity index (χ3n) is 2.16. The molecule has 0 saturated heterocycles. The monoisotopic (exact) mass is 237 g/mol. The molecular weight excluding hydrogens is 222 g/mol. The van der Waals surface area contributed by atoms with Crippen LogP contribution in [0.25, 0.3) is 0 Å². The highest BCUT2D eigenvalue weighted by molar-refractivity contribution is 5.95. The summed E-state index contributed by atoms with van der Waals surface area (Å²) in [5.74, 6) is -0.307. The number of nitro benzene ring substituents is 1. The molecule has 0 spiro atoms. The van der Waals surface area contributed by atoms with E-state index in [-0.39, 0.29) is 11.6 Å². The molecule has 0 aromatic heterocycles. The summed E-state index contributed by atoms with van der Waals surface area (Å²) >= 11 is 0. The van der Waals surface area contributed by atoms with Gasteiger partial charge in [0, 0.05) is 24.7 Å². The Kier molecular flexibility index (Phi) is 4.45. The molecule has 0 unspecified atom stereocenters. The van der Waals surface area contributed by atoms with Crippen molar-refractivity contribution in [1.29, 1.82) is 0 Å². The minimum absolute atomic E-state index is 0.0874. The highest BCUT2D eigenvalue weighted by Gasteiger charge is 2.16. The van der Waals surface area contributed by atoms with Gasteiger partial charge < -0.3 is 10.6 Å². The lowest BCUT2D eigenvalue weighted by Gasteiger charge is -2.06. The van der Waals surface area contributed by atoms with Gasteiger partial charge in [-0.15, -0.1) is 0 Å². The predicted molar refractivity (Wildman–Crippen MR) is 65.3 cm³/mol. The molecule has 1 aromatic rings. The summed E-state index contributed by atoms with van der Waals surface area (Å²) in [6.45, 7) is 4.71. The van der Waals surface area contributed by atoms with Crippen LogP contribution in [0.1, 0.15) is 24.2 Å². The normalized spacial score (nSPS) is 9.76. The molecule has 2 N–H and O–H groups in total. The number of hydrogen-bond acceptors (Lipinski definition) is 4. The Labute approximate surface area is 99.2 Å². The lowest BCUT2D eigenvalue weighted by Crippen LogP contribution is -2.22. The molecule has 0 aliphatic carbocycles. The Bertz CT molecular complexity index is 432. The van der Waals surface area contributed by atoms with Crippen LogP contribution in [0.15, 0.2) is 18.2 Å². The van der Waals surface area contributed by atoms with E-state index >= 15 is 0 Å². The molecule has 6 heteroatoms. The number of carbonyl (C=O) groups is 1. The molecule has 0 atom stereocenters. The number of hydrogen-bond donors (Lipinski definition) is 2. The Balaban J connectivity index is 3.09. The highest BCUT2D eigenvalue weighted by atomic mass is 16.6. The standard InChI is InChI=1S/C11H15N3O3/c1-3-12-9-6-5-8(11(15)13-4-2)7-10(9)14(16)17/h5-7,12H,3-4H2,1-2H3,(H,13,15). The van der Waals surface area contributed by atoms with Crippen LogP contribution in [0.4, 0.5) is 11.4 Å². The van der Waals surface area contributed by atoms with E-state index < -0.39 is 4.92 Å². The molecule has 0 saturated carbocycles. The quantitative estimate of drug-likeness (QED) is 0.603. The van der Waals surface area contributed by atoms with Gasteiger partial charge in [-0.3, -0.25) is 14.9 Å². The van der Waals surface area contributed by atoms with Gasteiger partial charge in [-0.05, 0) is 26.0 Å². The van der Waals surface area contributed by atoms with Crippen LogP contribution in [0, 0.1) is 10.1 Å². The molecule has 92 valence electrons. The van der Waals surface area contributed by atoms with Crippen LogP contribution < -0.4 is 10.6 Å². The maximum atomic E-state index is 11.5. The number of amides is 1. The van der Waals surface area contributed by atoms with Gasteiger partial charge in [0.2, 0.25) is 0 Å². The fourth-order valence-electron chi connectivity index (χ4n) is 1.43. The fourth-order valence-corrected chi connectivity index (χ4v) is 1.43. The van der Waals surface area contributed by atoms with E-state index in [9.17, 15) is 14.9 Å². The van der Waals surface area contributed by atoms with E-state index in [2.05, 4.69) is 10.6 Å². The zero-order chi connectivity index (χ0) is 12.8. The van der Waals surface area contributed by atoms with Gasteiger partial charge in [0.25, 0.3) is 11.6 Å². The Morgan fingerprint density at radius 1 is 1.35 bits per heavy atom. The Morgan fingerprint density at radius 2 is 2.06 bits per heavy atom. The lowest BCUT2D eigenvalue weighted by atomic mass is 10.1. The molecule has 0 bridgehead atoms. The highest BCUT2D eigenvalue weighted by Crippen LogP contribution is 2.25. The summed E-state index contributed by atoms with van der Waals surface area (Å²) < 4.78 is 0. The average Bonchev–Trinajstić information content (AvgIpc) is 2.30. The van der Waals surface area contributed by atoms with Gasteiger partial charge in [-0.1, -0.05) is 0 Å². The zero-order valence-corrected chi connectivity index (χ0v) is 9.82. The van der Waals surface area contributed by atoms with Gasteiger partial charge in [0.05, 0.1) is 4.92 Å². The number of nitro groups is 1. The summed E-state index contributed by atoms with van der Waals surface area (Å²) in [6, 6.07) is 4.39. The van der Waals surface area contributed by atoms with Crippen molar-refractivity contribution in [1.82, 2.24) is 5.32 Å². The van der Waals surface area contributed by atoms with Crippen LogP contribution >= 0.6 is 0 Å². The average molecular weight is 237 g/mol. The number of benzene rings is 1. The second kappa shape index (κ2) is 5.83. The number of carbonyl (C=O) groups excluding carboxylic acids is 1. The van der Waals surface area contributed by atoms with Gasteiger partial charge in [-0.25, -0.2) is 0 Å². The molecule has 0 radical (unpaired) electrons. The minimum Gasteiger partial charge on any atom is -0.380 e. The van der Waals surface area contributed by atoms with E-state index in [0.29, 0.717) is 24.3 Å². The summed E-state index contributed by atoms with van der Waals surface area (Å²) in [4.78, 5) is 21.9. The van der Waals surface area contributed by atoms with Crippen LogP contribution in [-0.4, -0.2) is 23.9 Å². The molecule has 17 heavy (non-hydrogen) atoms. The first-order chi connectivity index (χ1) is 8.10. The number of rotatable bonds is 5. The molecule has 0 heterocycles. The molecule has 6 nitrogen and oxygen atoms in total. The summed E-state index contributed by atoms with van der Waals surface area (Å²) in [6.07, 6.45) is 0. The van der Waals surface area contributed by atoms with E-state index in [1.165, 1.54) is 6.07 Å². The van der Waals surface area contributed by atoms with Crippen molar-refractivity contribution in [3.05, 3.63) is 33.9 Å². The van der Waals surface area contributed by atoms with Crippen molar-refractivity contribution in [3.63, 3.8) is 0 Å². The van der Waals surface area contributed by atoms with Crippen molar-refractivity contribution in [2.75, 3.05) is 18.4 Å². The largest absolute Gasteiger partial charge is 0.380 e. The van der Waals surface area contributed by atoms with E-state index in [0.717, 1.165) is 0 Å². The van der Waals surface area contributed by atoms with Crippen molar-refractivity contribution in [2.45, 2.75) is 13.8 Å². The van der Waals surface area contributed by atoms with Crippen LogP contribution in [-0.2, 0) is 0 Å². The lowest BCUT2D eigenvalue weighted by molar-refractivity contribution is -0.384.